The molecule has 0 fully saturated rings. The van der Waals surface area contributed by atoms with Crippen molar-refractivity contribution in [3.63, 3.8) is 0 Å². The summed E-state index contributed by atoms with van der Waals surface area (Å²) >= 11 is 0. The first-order valence-electron chi connectivity index (χ1n) is 7.21. The minimum atomic E-state index is 0.416. The highest BCUT2D eigenvalue weighted by atomic mass is 16.5. The molecule has 1 unspecified atom stereocenters. The van der Waals surface area contributed by atoms with Gasteiger partial charge in [0.25, 0.3) is 0 Å². The van der Waals surface area contributed by atoms with E-state index in [2.05, 4.69) is 50.0 Å². The van der Waals surface area contributed by atoms with Crippen LogP contribution in [-0.4, -0.2) is 19.8 Å². The molecule has 1 rings (SSSR count). The zero-order valence-electron chi connectivity index (χ0n) is 12.5. The molecule has 1 atom stereocenters. The quantitative estimate of drug-likeness (QED) is 0.538. The van der Waals surface area contributed by atoms with Crippen molar-refractivity contribution in [1.29, 1.82) is 0 Å². The number of hydrogen-bond donors (Lipinski definition) is 1. The summed E-state index contributed by atoms with van der Waals surface area (Å²) in [6.45, 7) is 12.5. The summed E-state index contributed by atoms with van der Waals surface area (Å²) in [5, 5.41) is 3.54. The average Bonchev–Trinajstić information content (AvgIpc) is 2.43. The maximum atomic E-state index is 5.50. The van der Waals surface area contributed by atoms with Crippen LogP contribution < -0.4 is 5.32 Å². The van der Waals surface area contributed by atoms with Crippen molar-refractivity contribution in [1.82, 2.24) is 5.32 Å². The van der Waals surface area contributed by atoms with Crippen molar-refractivity contribution < 1.29 is 4.74 Å². The Balaban J connectivity index is 2.37. The van der Waals surface area contributed by atoms with Gasteiger partial charge in [0, 0.05) is 12.6 Å². The predicted molar refractivity (Wildman–Crippen MR) is 82.5 cm³/mol. The molecule has 2 nitrogen and oxygen atoms in total. The van der Waals surface area contributed by atoms with Crippen LogP contribution >= 0.6 is 0 Å². The third kappa shape index (κ3) is 6.04. The maximum Gasteiger partial charge on any atom is 0.0672 e. The Morgan fingerprint density at radius 1 is 1.26 bits per heavy atom. The van der Waals surface area contributed by atoms with Crippen LogP contribution in [0.1, 0.15) is 44.4 Å². The molecule has 0 heterocycles. The first-order valence-corrected chi connectivity index (χ1v) is 7.21. The molecule has 106 valence electrons. The van der Waals surface area contributed by atoms with Crippen LogP contribution in [-0.2, 0) is 11.2 Å². The van der Waals surface area contributed by atoms with E-state index in [1.54, 1.807) is 0 Å². The van der Waals surface area contributed by atoms with Gasteiger partial charge >= 0.3 is 0 Å². The normalized spacial score (nSPS) is 12.4. The molecule has 0 amide bonds. The van der Waals surface area contributed by atoms with Gasteiger partial charge in [-0.15, -0.1) is 0 Å². The van der Waals surface area contributed by atoms with E-state index in [4.69, 9.17) is 4.74 Å². The summed E-state index contributed by atoms with van der Waals surface area (Å²) in [6, 6.07) is 9.32. The molecule has 0 spiro atoms. The second-order valence-electron chi connectivity index (χ2n) is 5.02. The Kier molecular flexibility index (Phi) is 7.46. The Bertz CT molecular complexity index is 369. The van der Waals surface area contributed by atoms with Gasteiger partial charge in [-0.25, -0.2) is 0 Å². The Morgan fingerprint density at radius 2 is 1.95 bits per heavy atom. The average molecular weight is 261 g/mol. The van der Waals surface area contributed by atoms with Gasteiger partial charge in [0.1, 0.15) is 0 Å². The molecule has 19 heavy (non-hydrogen) atoms. The van der Waals surface area contributed by atoms with Crippen LogP contribution in [0.15, 0.2) is 36.4 Å². The van der Waals surface area contributed by atoms with E-state index in [0.717, 1.165) is 31.6 Å². The van der Waals surface area contributed by atoms with Crippen LogP contribution in [0.4, 0.5) is 0 Å². The van der Waals surface area contributed by atoms with E-state index in [-0.39, 0.29) is 0 Å². The number of hydrogen-bond acceptors (Lipinski definition) is 2. The van der Waals surface area contributed by atoms with E-state index >= 15 is 0 Å². The van der Waals surface area contributed by atoms with Crippen molar-refractivity contribution >= 4 is 0 Å². The molecule has 1 aromatic carbocycles. The van der Waals surface area contributed by atoms with Gasteiger partial charge in [0.2, 0.25) is 0 Å². The Labute approximate surface area is 117 Å². The topological polar surface area (TPSA) is 21.3 Å². The highest BCUT2D eigenvalue weighted by Gasteiger charge is 2.07. The number of nitrogens with one attached hydrogen (secondary N) is 1. The number of rotatable bonds is 9. The monoisotopic (exact) mass is 261 g/mol. The van der Waals surface area contributed by atoms with Gasteiger partial charge in [-0.2, -0.15) is 0 Å². The standard InChI is InChI=1S/C17H27NO/c1-5-15-7-9-16(10-8-15)17(6-2)18-11-12-19-13-14(3)4/h7-10,17-18H,3,5-6,11-13H2,1-2,4H3. The summed E-state index contributed by atoms with van der Waals surface area (Å²) in [5.41, 5.74) is 3.82. The third-order valence-electron chi connectivity index (χ3n) is 3.18. The molecule has 0 saturated heterocycles. The third-order valence-corrected chi connectivity index (χ3v) is 3.18. The summed E-state index contributed by atoms with van der Waals surface area (Å²) in [4.78, 5) is 0. The molecule has 1 N–H and O–H groups in total. The van der Waals surface area contributed by atoms with Crippen molar-refractivity contribution in [3.05, 3.63) is 47.5 Å². The zero-order chi connectivity index (χ0) is 14.1. The lowest BCUT2D eigenvalue weighted by Crippen LogP contribution is -2.25. The molecule has 0 bridgehead atoms. The van der Waals surface area contributed by atoms with Crippen molar-refractivity contribution in [2.45, 2.75) is 39.7 Å². The number of ether oxygens (including phenoxy) is 1. The SMILES string of the molecule is C=C(C)COCCNC(CC)c1ccc(CC)cc1. The first kappa shape index (κ1) is 15.9. The summed E-state index contributed by atoms with van der Waals surface area (Å²) < 4.78 is 5.50. The zero-order valence-corrected chi connectivity index (χ0v) is 12.5. The largest absolute Gasteiger partial charge is 0.376 e. The van der Waals surface area contributed by atoms with E-state index in [0.29, 0.717) is 12.6 Å². The highest BCUT2D eigenvalue weighted by molar-refractivity contribution is 5.24. The van der Waals surface area contributed by atoms with E-state index in [1.165, 1.54) is 11.1 Å². The van der Waals surface area contributed by atoms with Crippen LogP contribution in [0.25, 0.3) is 0 Å². The fourth-order valence-corrected chi connectivity index (χ4v) is 2.04. The molecular weight excluding hydrogens is 234 g/mol. The molecule has 0 aliphatic rings. The first-order chi connectivity index (χ1) is 9.17. The fraction of sp³-hybridized carbons (Fsp3) is 0.529. The Hall–Kier alpha value is -1.12. The molecule has 0 radical (unpaired) electrons. The van der Waals surface area contributed by atoms with E-state index < -0.39 is 0 Å². The lowest BCUT2D eigenvalue weighted by Gasteiger charge is -2.18. The number of aryl methyl sites for hydroxylation is 1. The van der Waals surface area contributed by atoms with Gasteiger partial charge in [-0.05, 0) is 30.9 Å². The van der Waals surface area contributed by atoms with Gasteiger partial charge in [0.15, 0.2) is 0 Å². The predicted octanol–water partition coefficient (Wildman–Crippen LogP) is 3.88. The minimum absolute atomic E-state index is 0.416. The molecule has 2 heteroatoms. The summed E-state index contributed by atoms with van der Waals surface area (Å²) in [6.07, 6.45) is 2.19. The summed E-state index contributed by atoms with van der Waals surface area (Å²) in [5.74, 6) is 0. The fourth-order valence-electron chi connectivity index (χ4n) is 2.04. The van der Waals surface area contributed by atoms with E-state index in [1.807, 2.05) is 6.92 Å². The lowest BCUT2D eigenvalue weighted by molar-refractivity contribution is 0.155. The Morgan fingerprint density at radius 3 is 2.47 bits per heavy atom. The van der Waals surface area contributed by atoms with Gasteiger partial charge < -0.3 is 10.1 Å². The van der Waals surface area contributed by atoms with Gasteiger partial charge in [-0.1, -0.05) is 50.3 Å². The maximum absolute atomic E-state index is 5.50. The minimum Gasteiger partial charge on any atom is -0.376 e. The van der Waals surface area contributed by atoms with Crippen LogP contribution in [0, 0.1) is 0 Å². The van der Waals surface area contributed by atoms with Crippen LogP contribution in [0.2, 0.25) is 0 Å². The van der Waals surface area contributed by atoms with Gasteiger partial charge in [0.05, 0.1) is 13.2 Å². The second kappa shape index (κ2) is 8.89. The smallest absolute Gasteiger partial charge is 0.0672 e. The van der Waals surface area contributed by atoms with Gasteiger partial charge in [-0.3, -0.25) is 0 Å². The van der Waals surface area contributed by atoms with Crippen LogP contribution in [0.5, 0.6) is 0 Å². The van der Waals surface area contributed by atoms with Crippen molar-refractivity contribution in [2.75, 3.05) is 19.8 Å². The molecule has 1 aromatic rings. The van der Waals surface area contributed by atoms with Crippen molar-refractivity contribution in [2.24, 2.45) is 0 Å². The molecule has 0 aromatic heterocycles. The molecule has 0 saturated carbocycles. The lowest BCUT2D eigenvalue weighted by atomic mass is 10.0. The molecule has 0 aliphatic carbocycles. The summed E-state index contributed by atoms with van der Waals surface area (Å²) in [7, 11) is 0. The molecule has 0 aliphatic heterocycles. The van der Waals surface area contributed by atoms with E-state index in [9.17, 15) is 0 Å². The van der Waals surface area contributed by atoms with Crippen LogP contribution in [0.3, 0.4) is 0 Å². The van der Waals surface area contributed by atoms with Crippen molar-refractivity contribution in [3.8, 4) is 0 Å². The number of benzene rings is 1. The molecular formula is C17H27NO. The second-order valence-corrected chi connectivity index (χ2v) is 5.02. The highest BCUT2D eigenvalue weighted by Crippen LogP contribution is 2.17.